The molecule has 13 nitrogen and oxygen atoms in total. The predicted octanol–water partition coefficient (Wildman–Crippen LogP) is 17.1. The van der Waals surface area contributed by atoms with Gasteiger partial charge in [0.05, 0.1) is 11.1 Å². The van der Waals surface area contributed by atoms with E-state index in [2.05, 4.69) is 165 Å². The molecule has 1 fully saturated rings. The van der Waals surface area contributed by atoms with Crippen molar-refractivity contribution >= 4 is 95.0 Å². The predicted molar refractivity (Wildman–Crippen MR) is 370 cm³/mol. The van der Waals surface area contributed by atoms with E-state index in [-0.39, 0.29) is 45.2 Å². The molecule has 0 unspecified atom stereocenters. The molecule has 0 saturated carbocycles. The van der Waals surface area contributed by atoms with Crippen molar-refractivity contribution in [3.63, 3.8) is 0 Å². The van der Waals surface area contributed by atoms with Gasteiger partial charge in [0, 0.05) is 75.3 Å². The summed E-state index contributed by atoms with van der Waals surface area (Å²) in [4.78, 5) is 90.1. The highest BCUT2D eigenvalue weighted by Crippen LogP contribution is 2.53. The zero-order chi connectivity index (χ0) is 65.3. The molecule has 6 amide bonds. The SMILES string of the molecule is CC(C)(C)c1ccc(Oc2cc3c4c(cc(Oc5ccc(C(C)(C)C)cc5)c5c6ccc(N7CCCC7)c7cccc(c2c45)c76)C(=O)N(CC(=O)NCCCCCCCCCNC(=O)CN2C(=O)c4cc(C(C)(C)C)cc5cc(C(C)(C)C)cc(c45)C2=O)C3=O)cc1. The zero-order valence-corrected chi connectivity index (χ0v) is 55.7. The second-order valence-corrected chi connectivity index (χ2v) is 29.9. The first-order valence-electron chi connectivity index (χ1n) is 33.1. The number of unbranched alkanes of at least 4 members (excludes halogenated alkanes) is 6. The maximum atomic E-state index is 15.2. The summed E-state index contributed by atoms with van der Waals surface area (Å²) < 4.78 is 14.0. The maximum absolute atomic E-state index is 15.2. The fraction of sp³-hybridized carbons (Fsp3) is 0.392. The standard InChI is InChI=1S/C79H87N5O8/c1-76(2,3)48-25-29-52(30-26-48)91-62-43-59-68-60(44-63(92-53-31-27-49(28-32-53)77(4,5)6)70-56-33-34-61(82-37-20-21-38-82)54-23-22-24-55(67(54)56)69(62)71(68)70)75(90)84(74(59)89)46-65(86)81-36-19-17-15-13-14-16-18-35-80-64(85)45-83-72(87)57-41-50(78(7,8)9)39-47-40-51(79(10,11)12)42-58(66(47)57)73(83)88/h22-34,39-44H,13-21,35-38,45-46H2,1-12H3,(H,80,85)(H,81,86). The van der Waals surface area contributed by atoms with E-state index in [1.54, 1.807) is 12.1 Å². The first kappa shape index (κ1) is 63.3. The second kappa shape index (κ2) is 24.3. The molecule has 0 atom stereocenters. The van der Waals surface area contributed by atoms with E-state index in [1.165, 1.54) is 0 Å². The Labute approximate surface area is 540 Å². The van der Waals surface area contributed by atoms with Crippen LogP contribution in [0.4, 0.5) is 5.69 Å². The monoisotopic (exact) mass is 1230 g/mol. The molecule has 0 aliphatic carbocycles. The highest BCUT2D eigenvalue weighted by Gasteiger charge is 2.40. The Morgan fingerprint density at radius 3 is 1.22 bits per heavy atom. The van der Waals surface area contributed by atoms with E-state index in [0.29, 0.717) is 69.8 Å². The molecular weight excluding hydrogens is 1150 g/mol. The van der Waals surface area contributed by atoms with Crippen molar-refractivity contribution in [2.24, 2.45) is 0 Å². The molecule has 1 saturated heterocycles. The lowest BCUT2D eigenvalue weighted by Crippen LogP contribution is -2.46. The molecule has 0 spiro atoms. The average Bonchev–Trinajstić information content (AvgIpc) is 0.731. The largest absolute Gasteiger partial charge is 0.457 e. The molecule has 13 heteroatoms. The Hall–Kier alpha value is -8.84. The van der Waals surface area contributed by atoms with Gasteiger partial charge in [0.25, 0.3) is 23.6 Å². The van der Waals surface area contributed by atoms with E-state index in [9.17, 15) is 19.2 Å². The van der Waals surface area contributed by atoms with Crippen molar-refractivity contribution in [3.8, 4) is 23.0 Å². The van der Waals surface area contributed by atoms with Gasteiger partial charge in [-0.05, 0) is 146 Å². The van der Waals surface area contributed by atoms with Crippen LogP contribution in [0.15, 0.2) is 115 Å². The summed E-state index contributed by atoms with van der Waals surface area (Å²) in [6.45, 7) is 27.5. The van der Waals surface area contributed by atoms with Gasteiger partial charge in [-0.2, -0.15) is 0 Å². The Morgan fingerprint density at radius 1 is 0.402 bits per heavy atom. The Morgan fingerprint density at radius 2 is 0.793 bits per heavy atom. The first-order valence-corrected chi connectivity index (χ1v) is 33.1. The number of hydrogen-bond acceptors (Lipinski definition) is 9. The Bertz CT molecular complexity index is 4230. The number of ether oxygens (including phenoxy) is 2. The summed E-state index contributed by atoms with van der Waals surface area (Å²) in [5.74, 6) is -0.797. The number of imide groups is 2. The molecule has 0 bridgehead atoms. The van der Waals surface area contributed by atoms with Crippen LogP contribution in [-0.2, 0) is 31.2 Å². The molecule has 0 aromatic heterocycles. The molecule has 2 N–H and O–H groups in total. The van der Waals surface area contributed by atoms with Crippen LogP contribution in [0.1, 0.15) is 205 Å². The lowest BCUT2D eigenvalue weighted by atomic mass is 9.79. The van der Waals surface area contributed by atoms with Crippen LogP contribution >= 0.6 is 0 Å². The highest BCUT2D eigenvalue weighted by molar-refractivity contribution is 6.41. The lowest BCUT2D eigenvalue weighted by molar-refractivity contribution is -0.122. The molecule has 3 aliphatic rings. The lowest BCUT2D eigenvalue weighted by Gasteiger charge is -2.31. The van der Waals surface area contributed by atoms with Crippen LogP contribution in [0, 0.1) is 0 Å². The first-order chi connectivity index (χ1) is 43.6. The van der Waals surface area contributed by atoms with Gasteiger partial charge in [-0.15, -0.1) is 0 Å². The maximum Gasteiger partial charge on any atom is 0.262 e. The minimum absolute atomic E-state index is 0.0904. The van der Waals surface area contributed by atoms with E-state index in [4.69, 9.17) is 9.47 Å². The van der Waals surface area contributed by atoms with Gasteiger partial charge in [0.15, 0.2) is 0 Å². The van der Waals surface area contributed by atoms with Gasteiger partial charge in [0.2, 0.25) is 11.8 Å². The number of hydrogen-bond donors (Lipinski definition) is 2. The number of nitrogens with one attached hydrogen (secondary N) is 2. The van der Waals surface area contributed by atoms with Crippen molar-refractivity contribution in [1.29, 1.82) is 0 Å². The van der Waals surface area contributed by atoms with Crippen LogP contribution in [0.3, 0.4) is 0 Å². The number of fused-ring (bicyclic) bond motifs is 2. The van der Waals surface area contributed by atoms with Crippen molar-refractivity contribution in [1.82, 2.24) is 20.4 Å². The number of anilines is 1. The normalized spacial score (nSPS) is 14.7. The molecule has 9 aromatic carbocycles. The summed E-state index contributed by atoms with van der Waals surface area (Å²) >= 11 is 0. The molecule has 92 heavy (non-hydrogen) atoms. The average molecular weight is 1230 g/mol. The van der Waals surface area contributed by atoms with E-state index in [1.807, 2.05) is 36.4 Å². The smallest absolute Gasteiger partial charge is 0.262 e. The quantitative estimate of drug-likeness (QED) is 0.0348. The van der Waals surface area contributed by atoms with Gasteiger partial charge >= 0.3 is 0 Å². The molecule has 3 heterocycles. The molecule has 12 rings (SSSR count). The summed E-state index contributed by atoms with van der Waals surface area (Å²) in [5.41, 5.74) is 6.20. The molecule has 3 aliphatic heterocycles. The Balaban J connectivity index is 0.718. The van der Waals surface area contributed by atoms with Crippen LogP contribution in [0.5, 0.6) is 23.0 Å². The van der Waals surface area contributed by atoms with Gasteiger partial charge in [-0.25, -0.2) is 0 Å². The number of amides is 6. The van der Waals surface area contributed by atoms with Crippen molar-refractivity contribution in [2.45, 2.75) is 163 Å². The van der Waals surface area contributed by atoms with Crippen molar-refractivity contribution in [3.05, 3.63) is 160 Å². The number of nitrogens with zero attached hydrogens (tertiary/aromatic N) is 3. The van der Waals surface area contributed by atoms with E-state index < -0.39 is 36.1 Å². The summed E-state index contributed by atoms with van der Waals surface area (Å²) in [6.07, 6.45) is 8.29. The van der Waals surface area contributed by atoms with Crippen molar-refractivity contribution in [2.75, 3.05) is 44.2 Å². The topological polar surface area (TPSA) is 155 Å². The summed E-state index contributed by atoms with van der Waals surface area (Å²) in [5, 5.41) is 14.1. The van der Waals surface area contributed by atoms with Crippen LogP contribution in [0.2, 0.25) is 0 Å². The van der Waals surface area contributed by atoms with E-state index >= 15 is 9.59 Å². The summed E-state index contributed by atoms with van der Waals surface area (Å²) in [6, 6.07) is 38.3. The highest BCUT2D eigenvalue weighted by atomic mass is 16.5. The fourth-order valence-electron chi connectivity index (χ4n) is 13.7. The van der Waals surface area contributed by atoms with Gasteiger partial charge < -0.3 is 25.0 Å². The Kier molecular flexibility index (Phi) is 16.7. The zero-order valence-electron chi connectivity index (χ0n) is 55.7. The minimum atomic E-state index is -0.580. The third kappa shape index (κ3) is 12.2. The van der Waals surface area contributed by atoms with Gasteiger partial charge in [0.1, 0.15) is 36.1 Å². The van der Waals surface area contributed by atoms with Crippen molar-refractivity contribution < 1.29 is 38.2 Å². The number of benzene rings is 9. The summed E-state index contributed by atoms with van der Waals surface area (Å²) in [7, 11) is 0. The third-order valence-electron chi connectivity index (χ3n) is 19.0. The molecule has 9 aromatic rings. The number of rotatable bonds is 19. The number of carbonyl (C=O) groups excluding carboxylic acids is 6. The van der Waals surface area contributed by atoms with Gasteiger partial charge in [-0.3, -0.25) is 38.6 Å². The minimum Gasteiger partial charge on any atom is -0.457 e. The third-order valence-corrected chi connectivity index (χ3v) is 19.0. The molecule has 476 valence electrons. The van der Waals surface area contributed by atoms with Gasteiger partial charge in [-0.1, -0.05) is 176 Å². The van der Waals surface area contributed by atoms with Crippen LogP contribution in [-0.4, -0.2) is 84.5 Å². The van der Waals surface area contributed by atoms with Crippen LogP contribution in [0.25, 0.3) is 53.9 Å². The second-order valence-electron chi connectivity index (χ2n) is 29.9. The molecule has 0 radical (unpaired) electrons. The van der Waals surface area contributed by atoms with Crippen LogP contribution < -0.4 is 25.0 Å². The fourth-order valence-corrected chi connectivity index (χ4v) is 13.7. The van der Waals surface area contributed by atoms with E-state index in [0.717, 1.165) is 140 Å². The molecular formula is C79H87N5O8. The number of carbonyl (C=O) groups is 6.